The van der Waals surface area contributed by atoms with Crippen molar-refractivity contribution in [1.82, 2.24) is 4.98 Å². The number of aromatic nitrogens is 1. The van der Waals surface area contributed by atoms with Crippen LogP contribution in [0.25, 0.3) is 11.3 Å². The highest BCUT2D eigenvalue weighted by molar-refractivity contribution is 7.12. The lowest BCUT2D eigenvalue weighted by Crippen LogP contribution is -2.38. The van der Waals surface area contributed by atoms with Gasteiger partial charge in [0.15, 0.2) is 0 Å². The topological polar surface area (TPSA) is 52.0 Å². The summed E-state index contributed by atoms with van der Waals surface area (Å²) in [5.74, 6) is 1.08. The number of thiazole rings is 1. The number of hydrogen-bond donors (Lipinski definition) is 1. The lowest BCUT2D eigenvalue weighted by molar-refractivity contribution is 0.301. The molecule has 0 atom stereocenters. The summed E-state index contributed by atoms with van der Waals surface area (Å²) in [4.78, 5) is 6.28. The third-order valence-corrected chi connectivity index (χ3v) is 5.78. The summed E-state index contributed by atoms with van der Waals surface area (Å²) in [6.45, 7) is 0. The van der Waals surface area contributed by atoms with Gasteiger partial charge in [0.05, 0.1) is 17.5 Å². The third kappa shape index (κ3) is 1.77. The maximum atomic E-state index is 6.61. The van der Waals surface area contributed by atoms with Crippen LogP contribution < -0.4 is 5.73 Å². The second kappa shape index (κ2) is 4.18. The first-order valence-corrected chi connectivity index (χ1v) is 7.94. The van der Waals surface area contributed by atoms with Gasteiger partial charge >= 0.3 is 0 Å². The van der Waals surface area contributed by atoms with Gasteiger partial charge in [-0.1, -0.05) is 19.3 Å². The Morgan fingerprint density at radius 2 is 2.05 bits per heavy atom. The third-order valence-electron chi connectivity index (χ3n) is 4.45. The summed E-state index contributed by atoms with van der Waals surface area (Å²) >= 11 is 1.83. The predicted octanol–water partition coefficient (Wildman–Crippen LogP) is 3.62. The summed E-state index contributed by atoms with van der Waals surface area (Å²) in [5.41, 5.74) is 8.75. The van der Waals surface area contributed by atoms with Gasteiger partial charge in [0, 0.05) is 16.9 Å². The molecule has 0 aromatic carbocycles. The van der Waals surface area contributed by atoms with Gasteiger partial charge in [-0.25, -0.2) is 4.98 Å². The first-order chi connectivity index (χ1) is 9.26. The Kier molecular flexibility index (Phi) is 2.57. The average molecular weight is 274 g/mol. The number of nitrogens with two attached hydrogens (primary N) is 1. The quantitative estimate of drug-likeness (QED) is 0.864. The van der Waals surface area contributed by atoms with Crippen LogP contribution in [0, 0.1) is 0 Å². The molecule has 2 aromatic heterocycles. The van der Waals surface area contributed by atoms with Crippen LogP contribution in [0.2, 0.25) is 0 Å². The Morgan fingerprint density at radius 1 is 1.21 bits per heavy atom. The molecule has 0 spiro atoms. The van der Waals surface area contributed by atoms with E-state index in [1.165, 1.54) is 29.7 Å². The van der Waals surface area contributed by atoms with E-state index in [1.807, 2.05) is 17.4 Å². The normalized spacial score (nSPS) is 20.9. The number of fused-ring (bicyclic) bond motifs is 3. The molecule has 1 fully saturated rings. The number of hydrogen-bond acceptors (Lipinski definition) is 4. The van der Waals surface area contributed by atoms with Gasteiger partial charge in [0.2, 0.25) is 0 Å². The van der Waals surface area contributed by atoms with Gasteiger partial charge in [0.25, 0.3) is 0 Å². The molecule has 0 saturated heterocycles. The summed E-state index contributed by atoms with van der Waals surface area (Å²) < 4.78 is 5.53. The molecule has 4 rings (SSSR count). The van der Waals surface area contributed by atoms with Crippen molar-refractivity contribution >= 4 is 11.3 Å². The van der Waals surface area contributed by atoms with Crippen molar-refractivity contribution in [3.05, 3.63) is 28.0 Å². The van der Waals surface area contributed by atoms with Gasteiger partial charge in [0.1, 0.15) is 10.8 Å². The van der Waals surface area contributed by atoms with Crippen molar-refractivity contribution in [2.24, 2.45) is 5.73 Å². The summed E-state index contributed by atoms with van der Waals surface area (Å²) in [6, 6.07) is 2.04. The fourth-order valence-electron chi connectivity index (χ4n) is 3.31. The predicted molar refractivity (Wildman–Crippen MR) is 76.2 cm³/mol. The minimum Gasteiger partial charge on any atom is -0.469 e. The SMILES string of the molecule is NC1(c2nc3c(s2)CCc2occc2-3)CCCCC1. The Hall–Kier alpha value is -1.13. The minimum absolute atomic E-state index is 0.176. The molecule has 2 aliphatic rings. The zero-order valence-electron chi connectivity index (χ0n) is 10.9. The minimum atomic E-state index is -0.176. The average Bonchev–Trinajstić information content (AvgIpc) is 3.05. The highest BCUT2D eigenvalue weighted by Crippen LogP contribution is 2.42. The number of nitrogens with zero attached hydrogens (tertiary/aromatic N) is 1. The molecule has 0 unspecified atom stereocenters. The van der Waals surface area contributed by atoms with E-state index in [-0.39, 0.29) is 5.54 Å². The van der Waals surface area contributed by atoms with E-state index in [0.29, 0.717) is 0 Å². The molecule has 2 heterocycles. The van der Waals surface area contributed by atoms with Crippen LogP contribution in [-0.4, -0.2) is 4.98 Å². The highest BCUT2D eigenvalue weighted by Gasteiger charge is 2.34. The van der Waals surface area contributed by atoms with E-state index in [1.54, 1.807) is 6.26 Å². The Morgan fingerprint density at radius 3 is 2.89 bits per heavy atom. The molecule has 19 heavy (non-hydrogen) atoms. The molecule has 0 bridgehead atoms. The number of aryl methyl sites for hydroxylation is 2. The molecule has 3 nitrogen and oxygen atoms in total. The molecule has 2 aliphatic carbocycles. The summed E-state index contributed by atoms with van der Waals surface area (Å²) in [5, 5.41) is 1.14. The van der Waals surface area contributed by atoms with E-state index >= 15 is 0 Å². The van der Waals surface area contributed by atoms with Crippen LogP contribution in [0.1, 0.15) is 47.7 Å². The molecule has 100 valence electrons. The molecule has 2 aromatic rings. The van der Waals surface area contributed by atoms with Gasteiger partial charge < -0.3 is 10.2 Å². The maximum absolute atomic E-state index is 6.61. The van der Waals surface area contributed by atoms with Crippen molar-refractivity contribution in [2.75, 3.05) is 0 Å². The van der Waals surface area contributed by atoms with Gasteiger partial charge in [-0.3, -0.25) is 0 Å². The summed E-state index contributed by atoms with van der Waals surface area (Å²) in [7, 11) is 0. The van der Waals surface area contributed by atoms with Gasteiger partial charge in [-0.05, 0) is 25.3 Å². The van der Waals surface area contributed by atoms with Crippen LogP contribution in [0.5, 0.6) is 0 Å². The van der Waals surface area contributed by atoms with E-state index < -0.39 is 0 Å². The van der Waals surface area contributed by atoms with Gasteiger partial charge in [-0.15, -0.1) is 11.3 Å². The second-order valence-electron chi connectivity index (χ2n) is 5.77. The molecular formula is C15H18N2OS. The van der Waals surface area contributed by atoms with Crippen LogP contribution in [-0.2, 0) is 18.4 Å². The van der Waals surface area contributed by atoms with Crippen LogP contribution in [0.3, 0.4) is 0 Å². The van der Waals surface area contributed by atoms with Crippen LogP contribution >= 0.6 is 11.3 Å². The van der Waals surface area contributed by atoms with Crippen LogP contribution in [0.4, 0.5) is 0 Å². The first-order valence-electron chi connectivity index (χ1n) is 7.12. The lowest BCUT2D eigenvalue weighted by atomic mass is 9.83. The molecule has 4 heteroatoms. The standard InChI is InChI=1S/C15H18N2OS/c16-15(7-2-1-3-8-15)14-17-13-10-6-9-18-11(10)4-5-12(13)19-14/h6,9H,1-5,7-8,16H2. The molecule has 0 aliphatic heterocycles. The van der Waals surface area contributed by atoms with Crippen molar-refractivity contribution in [2.45, 2.75) is 50.5 Å². The Labute approximate surface area is 116 Å². The van der Waals surface area contributed by atoms with Crippen molar-refractivity contribution in [3.8, 4) is 11.3 Å². The smallest absolute Gasteiger partial charge is 0.113 e. The molecule has 0 amide bonds. The van der Waals surface area contributed by atoms with E-state index in [0.717, 1.165) is 42.1 Å². The van der Waals surface area contributed by atoms with E-state index in [4.69, 9.17) is 15.1 Å². The highest BCUT2D eigenvalue weighted by atomic mass is 32.1. The van der Waals surface area contributed by atoms with E-state index in [2.05, 4.69) is 0 Å². The van der Waals surface area contributed by atoms with Crippen molar-refractivity contribution < 1.29 is 4.42 Å². The molecule has 1 saturated carbocycles. The summed E-state index contributed by atoms with van der Waals surface area (Å²) in [6.07, 6.45) is 9.76. The fourth-order valence-corrected chi connectivity index (χ4v) is 4.55. The zero-order chi connectivity index (χ0) is 12.9. The van der Waals surface area contributed by atoms with Crippen molar-refractivity contribution in [1.29, 1.82) is 0 Å². The molecule has 0 radical (unpaired) electrons. The van der Waals surface area contributed by atoms with Crippen molar-refractivity contribution in [3.63, 3.8) is 0 Å². The molecule has 2 N–H and O–H groups in total. The monoisotopic (exact) mass is 274 g/mol. The fraction of sp³-hybridized carbons (Fsp3) is 0.533. The van der Waals surface area contributed by atoms with Crippen LogP contribution in [0.15, 0.2) is 16.7 Å². The Bertz CT molecular complexity index is 607. The number of rotatable bonds is 1. The Balaban J connectivity index is 1.77. The maximum Gasteiger partial charge on any atom is 0.113 e. The van der Waals surface area contributed by atoms with Gasteiger partial charge in [-0.2, -0.15) is 0 Å². The van der Waals surface area contributed by atoms with E-state index in [9.17, 15) is 0 Å². The largest absolute Gasteiger partial charge is 0.469 e. The zero-order valence-corrected chi connectivity index (χ0v) is 11.8. The number of furan rings is 1. The lowest BCUT2D eigenvalue weighted by Gasteiger charge is -2.31. The molecular weight excluding hydrogens is 256 g/mol. The first kappa shape index (κ1) is 11.7. The second-order valence-corrected chi connectivity index (χ2v) is 6.85.